The van der Waals surface area contributed by atoms with Crippen molar-refractivity contribution in [2.75, 3.05) is 20.9 Å². The molecule has 3 aromatic rings. The van der Waals surface area contributed by atoms with Crippen molar-refractivity contribution in [2.24, 2.45) is 0 Å². The number of carbonyl (C=O) groups excluding carboxylic acids is 1. The fourth-order valence-electron chi connectivity index (χ4n) is 4.01. The van der Waals surface area contributed by atoms with E-state index in [4.69, 9.17) is 0 Å². The van der Waals surface area contributed by atoms with Gasteiger partial charge in [-0.15, -0.1) is 0 Å². The molecule has 0 atom stereocenters. The van der Waals surface area contributed by atoms with Crippen LogP contribution in [-0.2, 0) is 24.8 Å². The van der Waals surface area contributed by atoms with E-state index in [1.165, 1.54) is 30.3 Å². The van der Waals surface area contributed by atoms with Crippen LogP contribution in [0.15, 0.2) is 76.5 Å². The summed E-state index contributed by atoms with van der Waals surface area (Å²) in [7, 11) is -7.89. The van der Waals surface area contributed by atoms with Crippen molar-refractivity contribution in [3.8, 4) is 0 Å². The maximum Gasteiger partial charge on any atom is 0.261 e. The van der Waals surface area contributed by atoms with Gasteiger partial charge in [0, 0.05) is 13.0 Å². The topological polar surface area (TPSA) is 113 Å². The molecule has 0 spiro atoms. The van der Waals surface area contributed by atoms with Crippen molar-refractivity contribution in [1.82, 2.24) is 0 Å². The highest BCUT2D eigenvalue weighted by Crippen LogP contribution is 2.39. The summed E-state index contributed by atoms with van der Waals surface area (Å²) >= 11 is 0. The molecule has 1 fully saturated rings. The van der Waals surface area contributed by atoms with E-state index in [9.17, 15) is 21.6 Å². The third-order valence-corrected chi connectivity index (χ3v) is 8.51. The molecule has 0 saturated carbocycles. The number of nitrogens with one attached hydrogen (secondary N) is 2. The monoisotopic (exact) mass is 499 g/mol. The zero-order valence-electron chi connectivity index (χ0n) is 18.8. The van der Waals surface area contributed by atoms with Crippen LogP contribution >= 0.6 is 0 Å². The molecule has 34 heavy (non-hydrogen) atoms. The first-order chi connectivity index (χ1) is 16.1. The Balaban J connectivity index is 1.84. The number of anilines is 3. The normalized spacial score (nSPS) is 14.3. The van der Waals surface area contributed by atoms with Crippen molar-refractivity contribution in [3.05, 3.63) is 77.9 Å². The van der Waals surface area contributed by atoms with Crippen LogP contribution in [0.1, 0.15) is 24.0 Å². The predicted octanol–water partition coefficient (Wildman–Crippen LogP) is 4.03. The first-order valence-electron chi connectivity index (χ1n) is 10.7. The first-order valence-corrected chi connectivity index (χ1v) is 13.7. The first kappa shape index (κ1) is 23.8. The summed E-state index contributed by atoms with van der Waals surface area (Å²) in [5.74, 6) is -0.0915. The van der Waals surface area contributed by atoms with Gasteiger partial charge in [0.15, 0.2) is 0 Å². The van der Waals surface area contributed by atoms with Gasteiger partial charge in [0.1, 0.15) is 0 Å². The lowest BCUT2D eigenvalue weighted by Crippen LogP contribution is -2.27. The van der Waals surface area contributed by atoms with Gasteiger partial charge in [-0.2, -0.15) is 0 Å². The molecule has 178 valence electrons. The molecule has 0 aliphatic carbocycles. The lowest BCUT2D eigenvalue weighted by molar-refractivity contribution is -0.117. The smallest absolute Gasteiger partial charge is 0.261 e. The number of hydrogen-bond donors (Lipinski definition) is 2. The van der Waals surface area contributed by atoms with E-state index >= 15 is 0 Å². The Hall–Kier alpha value is -3.37. The summed E-state index contributed by atoms with van der Waals surface area (Å²) in [5, 5.41) is 0. The minimum absolute atomic E-state index is 0.0696. The Kier molecular flexibility index (Phi) is 6.37. The second-order valence-electron chi connectivity index (χ2n) is 8.06. The highest BCUT2D eigenvalue weighted by atomic mass is 32.2. The molecule has 3 aromatic carbocycles. The molecule has 4 rings (SSSR count). The number of amides is 1. The molecule has 1 aliphatic rings. The van der Waals surface area contributed by atoms with Gasteiger partial charge in [-0.05, 0) is 61.7 Å². The second-order valence-corrected chi connectivity index (χ2v) is 11.4. The average molecular weight is 500 g/mol. The summed E-state index contributed by atoms with van der Waals surface area (Å²) in [6.45, 7) is 3.90. The van der Waals surface area contributed by atoms with E-state index in [0.717, 1.165) is 0 Å². The molecule has 1 aliphatic heterocycles. The van der Waals surface area contributed by atoms with E-state index < -0.39 is 20.0 Å². The van der Waals surface area contributed by atoms with Gasteiger partial charge in [-0.25, -0.2) is 16.8 Å². The van der Waals surface area contributed by atoms with E-state index in [1.54, 1.807) is 55.1 Å². The van der Waals surface area contributed by atoms with Gasteiger partial charge in [0.25, 0.3) is 20.0 Å². The second kappa shape index (κ2) is 9.11. The molecule has 0 radical (unpaired) electrons. The van der Waals surface area contributed by atoms with Crippen LogP contribution < -0.4 is 14.3 Å². The maximum absolute atomic E-state index is 13.0. The zero-order chi connectivity index (χ0) is 24.5. The van der Waals surface area contributed by atoms with E-state index in [0.29, 0.717) is 36.2 Å². The molecule has 8 nitrogen and oxygen atoms in total. The maximum atomic E-state index is 13.0. The third-order valence-electron chi connectivity index (χ3n) is 5.75. The minimum Gasteiger partial charge on any atom is -0.312 e. The van der Waals surface area contributed by atoms with E-state index in [2.05, 4.69) is 9.44 Å². The molecular formula is C24H25N3O5S2. The van der Waals surface area contributed by atoms with Gasteiger partial charge >= 0.3 is 0 Å². The summed E-state index contributed by atoms with van der Waals surface area (Å²) in [5.41, 5.74) is 1.95. The van der Waals surface area contributed by atoms with Gasteiger partial charge in [0.2, 0.25) is 5.91 Å². The third kappa shape index (κ3) is 4.64. The fraction of sp³-hybridized carbons (Fsp3) is 0.208. The Bertz CT molecular complexity index is 1340. The number of hydrogen-bond acceptors (Lipinski definition) is 5. The Morgan fingerprint density at radius 1 is 0.735 bits per heavy atom. The van der Waals surface area contributed by atoms with Crippen molar-refractivity contribution in [3.63, 3.8) is 0 Å². The Labute approximate surface area is 199 Å². The molecule has 2 N–H and O–H groups in total. The predicted molar refractivity (Wildman–Crippen MR) is 132 cm³/mol. The van der Waals surface area contributed by atoms with Crippen LogP contribution in [0.25, 0.3) is 0 Å². The average Bonchev–Trinajstić information content (AvgIpc) is 3.23. The number of sulfonamides is 2. The zero-order valence-corrected chi connectivity index (χ0v) is 20.4. The van der Waals surface area contributed by atoms with Gasteiger partial charge < -0.3 is 4.90 Å². The highest BCUT2D eigenvalue weighted by Gasteiger charge is 2.29. The summed E-state index contributed by atoms with van der Waals surface area (Å²) in [6.07, 6.45) is 1.05. The molecule has 0 bridgehead atoms. The van der Waals surface area contributed by atoms with E-state index in [-0.39, 0.29) is 27.1 Å². The van der Waals surface area contributed by atoms with E-state index in [1.807, 2.05) is 0 Å². The summed E-state index contributed by atoms with van der Waals surface area (Å²) in [6, 6.07) is 17.2. The van der Waals surface area contributed by atoms with Crippen LogP contribution in [0, 0.1) is 13.8 Å². The SMILES string of the molecule is Cc1c(NS(=O)(=O)c2ccccc2)cc(NS(=O)(=O)c2ccccc2)c(C)c1N1CCCC1=O. The number of rotatable bonds is 7. The van der Waals surface area contributed by atoms with Crippen LogP contribution in [0.4, 0.5) is 17.1 Å². The molecule has 1 saturated heterocycles. The highest BCUT2D eigenvalue weighted by molar-refractivity contribution is 7.93. The molecule has 1 heterocycles. The molecule has 10 heteroatoms. The van der Waals surface area contributed by atoms with Crippen molar-refractivity contribution in [1.29, 1.82) is 0 Å². The molecular weight excluding hydrogens is 474 g/mol. The summed E-state index contributed by atoms with van der Waals surface area (Å²) < 4.78 is 57.2. The van der Waals surface area contributed by atoms with Crippen molar-refractivity contribution >= 4 is 43.0 Å². The number of nitrogens with zero attached hydrogens (tertiary/aromatic N) is 1. The molecule has 0 aromatic heterocycles. The fourth-order valence-corrected chi connectivity index (χ4v) is 6.27. The van der Waals surface area contributed by atoms with Crippen LogP contribution in [0.5, 0.6) is 0 Å². The van der Waals surface area contributed by atoms with Crippen molar-refractivity contribution in [2.45, 2.75) is 36.5 Å². The Morgan fingerprint density at radius 3 is 1.56 bits per heavy atom. The molecule has 0 unspecified atom stereocenters. The van der Waals surface area contributed by atoms with Crippen molar-refractivity contribution < 1.29 is 21.6 Å². The number of benzene rings is 3. The van der Waals surface area contributed by atoms with Crippen LogP contribution in [-0.4, -0.2) is 29.3 Å². The summed E-state index contributed by atoms with van der Waals surface area (Å²) in [4.78, 5) is 14.3. The van der Waals surface area contributed by atoms with Crippen LogP contribution in [0.3, 0.4) is 0 Å². The largest absolute Gasteiger partial charge is 0.312 e. The van der Waals surface area contributed by atoms with Crippen LogP contribution in [0.2, 0.25) is 0 Å². The standard InChI is InChI=1S/C24H25N3O5S2/c1-17-21(25-33(29,30)19-10-5-3-6-11-19)16-22(18(2)24(17)27-15-9-14-23(27)28)26-34(31,32)20-12-7-4-8-13-20/h3-8,10-13,16,25-26H,9,14-15H2,1-2H3. The van der Waals surface area contributed by atoms with Gasteiger partial charge in [-0.3, -0.25) is 14.2 Å². The lowest BCUT2D eigenvalue weighted by atomic mass is 10.0. The quantitative estimate of drug-likeness (QED) is 0.510. The van der Waals surface area contributed by atoms with Gasteiger partial charge in [0.05, 0.1) is 26.9 Å². The molecule has 1 amide bonds. The minimum atomic E-state index is -3.95. The lowest BCUT2D eigenvalue weighted by Gasteiger charge is -2.26. The number of carbonyl (C=O) groups is 1. The van der Waals surface area contributed by atoms with Gasteiger partial charge in [-0.1, -0.05) is 36.4 Å². The Morgan fingerprint density at radius 2 is 1.18 bits per heavy atom.